The molecule has 102 heavy (non-hydrogen) atoms. The summed E-state index contributed by atoms with van der Waals surface area (Å²) < 4.78 is 221. The minimum absolute atomic E-state index is 0. The number of rotatable bonds is 18. The summed E-state index contributed by atoms with van der Waals surface area (Å²) in [4.78, 5) is 12.3. The van der Waals surface area contributed by atoms with Crippen LogP contribution in [0, 0.1) is 41.7 Å². The van der Waals surface area contributed by atoms with Crippen molar-refractivity contribution in [3.63, 3.8) is 0 Å². The molecule has 2 saturated heterocycles. The number of likely N-dealkylation sites (tertiary alicyclic amines) is 1. The summed E-state index contributed by atoms with van der Waals surface area (Å²) >= 11 is 0. The van der Waals surface area contributed by atoms with E-state index in [1.807, 2.05) is 30.1 Å². The Morgan fingerprint density at radius 2 is 0.892 bits per heavy atom. The molecule has 1 radical (unpaired) electrons. The number of halogens is 12. The van der Waals surface area contributed by atoms with Crippen molar-refractivity contribution in [2.45, 2.75) is 230 Å². The number of nitrogens with one attached hydrogen (secondary N) is 1. The molecule has 0 aliphatic carbocycles. The van der Waals surface area contributed by atoms with E-state index >= 15 is 0 Å². The average molecular weight is 1720 g/mol. The van der Waals surface area contributed by atoms with Gasteiger partial charge in [0.2, 0.25) is 5.91 Å². The van der Waals surface area contributed by atoms with E-state index in [9.17, 15) is 70.5 Å². The van der Waals surface area contributed by atoms with Gasteiger partial charge in [-0.2, -0.15) is 66.2 Å². The molecular formula is C67H108CeF12N9O5SSi7. The van der Waals surface area contributed by atoms with Crippen LogP contribution in [0.4, 0.5) is 69.7 Å². The fraction of sp³-hybridized carbons (Fsp3) is 0.567. The second-order valence-corrected chi connectivity index (χ2v) is 65.9. The first-order valence-corrected chi connectivity index (χ1v) is 58.1. The summed E-state index contributed by atoms with van der Waals surface area (Å²) in [7, 11) is -12.3. The van der Waals surface area contributed by atoms with Crippen LogP contribution >= 0.6 is 0 Å². The van der Waals surface area contributed by atoms with Crippen LogP contribution in [0.3, 0.4) is 0 Å². The van der Waals surface area contributed by atoms with Gasteiger partial charge in [0.1, 0.15) is 16.2 Å². The molecule has 5 aromatic carbocycles. The number of hydrogen-bond acceptors (Lipinski definition) is 9. The second-order valence-electron chi connectivity index (χ2n) is 31.1. The van der Waals surface area contributed by atoms with E-state index in [0.717, 1.165) is 19.4 Å². The van der Waals surface area contributed by atoms with E-state index < -0.39 is 138 Å². The van der Waals surface area contributed by atoms with Gasteiger partial charge in [0.05, 0.1) is 39.7 Å². The van der Waals surface area contributed by atoms with Crippen LogP contribution in [-0.2, 0) is 49.6 Å². The molecule has 2 heterocycles. The molecule has 2 aliphatic heterocycles. The van der Waals surface area contributed by atoms with Gasteiger partial charge in [0.15, 0.2) is 8.32 Å². The Kier molecular flexibility index (Phi) is 36.5. The summed E-state index contributed by atoms with van der Waals surface area (Å²) in [6, 6.07) is 17.4. The summed E-state index contributed by atoms with van der Waals surface area (Å²) in [6.07, 6.45) is -19.0. The van der Waals surface area contributed by atoms with Gasteiger partial charge >= 0.3 is 66.5 Å². The van der Waals surface area contributed by atoms with Gasteiger partial charge in [-0.25, -0.2) is 0 Å². The number of nitrogens with two attached hydrogens (primary N) is 2. The zero-order chi connectivity index (χ0) is 78.4. The Bertz CT molecular complexity index is 3360. The van der Waals surface area contributed by atoms with Crippen LogP contribution in [0.2, 0.25) is 136 Å². The van der Waals surface area contributed by atoms with Crippen molar-refractivity contribution in [1.29, 1.82) is 0 Å². The van der Waals surface area contributed by atoms with E-state index in [1.165, 1.54) is 6.07 Å². The van der Waals surface area contributed by atoms with Crippen LogP contribution in [0.1, 0.15) is 79.8 Å². The fourth-order valence-corrected chi connectivity index (χ4v) is 39.8. The van der Waals surface area contributed by atoms with Gasteiger partial charge < -0.3 is 35.2 Å². The zero-order valence-electron chi connectivity index (χ0n) is 63.1. The van der Waals surface area contributed by atoms with Crippen molar-refractivity contribution in [2.75, 3.05) is 25.9 Å². The summed E-state index contributed by atoms with van der Waals surface area (Å²) in [6.45, 7) is 47.5. The largest absolute Gasteiger partial charge is 3.00 e. The molecule has 5 aromatic rings. The predicted molar refractivity (Wildman–Crippen MR) is 407 cm³/mol. The summed E-state index contributed by atoms with van der Waals surface area (Å²) in [5, 5.41) is 11.8. The van der Waals surface area contributed by atoms with Crippen molar-refractivity contribution >= 4 is 102 Å². The molecule has 14 nitrogen and oxygen atoms in total. The molecule has 0 spiro atoms. The molecule has 2 aliphatic rings. The van der Waals surface area contributed by atoms with E-state index in [0.29, 0.717) is 52.8 Å². The van der Waals surface area contributed by atoms with Gasteiger partial charge in [-0.15, -0.1) is 5.11 Å². The molecule has 0 aromatic heterocycles. The molecule has 7 rings (SSSR count). The van der Waals surface area contributed by atoms with Gasteiger partial charge in [0.25, 0.3) is 10.1 Å². The van der Waals surface area contributed by atoms with Gasteiger partial charge in [-0.3, -0.25) is 14.2 Å². The van der Waals surface area contributed by atoms with Gasteiger partial charge in [-0.1, -0.05) is 230 Å². The Morgan fingerprint density at radius 1 is 0.549 bits per heavy atom. The number of anilines is 1. The Morgan fingerprint density at radius 3 is 1.16 bits per heavy atom. The topological polar surface area (TPSA) is 215 Å². The number of nitrogen functional groups attached to an aromatic ring is 1. The van der Waals surface area contributed by atoms with Gasteiger partial charge in [0, 0.05) is 16.8 Å². The van der Waals surface area contributed by atoms with E-state index in [1.54, 1.807) is 57.2 Å². The van der Waals surface area contributed by atoms with Crippen molar-refractivity contribution in [1.82, 2.24) is 10.2 Å². The third-order valence-corrected chi connectivity index (χ3v) is 36.7. The predicted octanol–water partition coefficient (Wildman–Crippen LogP) is 22.5. The molecule has 6 N–H and O–H groups in total. The normalized spacial score (nSPS) is 16.2. The van der Waals surface area contributed by atoms with Crippen LogP contribution in [0.5, 0.6) is 0 Å². The summed E-state index contributed by atoms with van der Waals surface area (Å²) in [5.41, 5.74) is 0.973. The Hall–Kier alpha value is -3.05. The van der Waals surface area contributed by atoms with E-state index in [4.69, 9.17) is 29.8 Å². The monoisotopic (exact) mass is 1710 g/mol. The molecule has 2 unspecified atom stereocenters. The maximum absolute atomic E-state index is 14.0. The van der Waals surface area contributed by atoms with Crippen LogP contribution < -0.4 is 16.8 Å². The quantitative estimate of drug-likeness (QED) is 0.0217. The van der Waals surface area contributed by atoms with Crippen molar-refractivity contribution < 1.29 is 117 Å². The average Bonchev–Trinajstić information content (AvgIpc) is 1.06. The molecule has 2 atom stereocenters. The number of amides is 1. The molecule has 1 amide bonds. The third kappa shape index (κ3) is 33.6. The smallest absolute Gasteiger partial charge is 0.668 e. The maximum Gasteiger partial charge on any atom is 3.00 e. The van der Waals surface area contributed by atoms with E-state index in [-0.39, 0.29) is 108 Å². The number of hydrogen-bond donors (Lipinski definition) is 4. The number of alkyl halides is 12. The SMILES string of the molecule is CC[Si](CC)(CC)OC(c1cc(C(F)(F)F)cc(C(F)(F)F)c1)(c1cc(C(F)(F)F)cc(C(F)(F)F)c1)C1CCCN1.CN1CCCC1C(N)=O.C[Si](C)(C)[N-][Si](C)(C)C.C[Si](C)(C)[N-][Si](C)(C)C.C[Si](C)(C)[N-][Si](C)(C)C.Nc1c(N=Nc2ccccc2)cc(S(=O)(=O)O)c2ccccc12.[Ce+3]. The second kappa shape index (κ2) is 38.3. The van der Waals surface area contributed by atoms with Crippen LogP contribution in [0.15, 0.2) is 112 Å². The number of fused-ring (bicyclic) bond motifs is 1. The number of likely N-dealkylation sites (N-methyl/N-ethyl adjacent to an activating group) is 1. The Labute approximate surface area is 639 Å². The van der Waals surface area contributed by atoms with Crippen LogP contribution in [0.25, 0.3) is 24.7 Å². The molecule has 2 fully saturated rings. The number of azo groups is 1. The molecule has 573 valence electrons. The molecule has 0 saturated carbocycles. The number of nitrogens with zero attached hydrogens (tertiary/aromatic N) is 6. The number of carbonyl (C=O) groups excluding carboxylic acids is 1. The van der Waals surface area contributed by atoms with Crippen LogP contribution in [-0.4, -0.2) is 114 Å². The van der Waals surface area contributed by atoms with Crippen molar-refractivity contribution in [2.24, 2.45) is 16.0 Å². The first-order valence-electron chi connectivity index (χ1n) is 33.4. The first-order chi connectivity index (χ1) is 45.4. The fourth-order valence-electron chi connectivity index (χ4n) is 12.0. The molecule has 35 heteroatoms. The standard InChI is InChI=1S/C27H29F12NOSi.C16H13N3O3S.C6H12N2O.3C6H18NSi2.Ce/c1-4-42(5-2,6-3)41-23(22-8-7-9-40-22,16-10-18(24(28,29)30)14-19(11-16)25(31,32)33)17-12-20(26(34,35)36)15-21(13-17)27(37,38)39;17-16-13-9-5-4-8-12(13)15(23(20,21)22)10-14(16)19-18-11-6-2-1-3-7-11;1-8-4-2-3-5(8)6(7)9;3*1-8(2,3)7-9(4,5)6;/h10-15,22,40H,4-9H2,1-3H3;1-10H,17H2,(H,20,21,22);5H,2-4H2,1H3,(H2,7,9);3*1-6H3;/q;;;3*-1;+3. The minimum Gasteiger partial charge on any atom is -0.668 e. The first kappa shape index (κ1) is 97.0. The number of carbonyl (C=O) groups is 1. The maximum atomic E-state index is 14.0. The number of primary amides is 1. The van der Waals surface area contributed by atoms with Crippen molar-refractivity contribution in [3.8, 4) is 0 Å². The number of benzene rings is 5. The zero-order valence-corrected chi connectivity index (χ0v) is 74.1. The van der Waals surface area contributed by atoms with E-state index in [2.05, 4.69) is 133 Å². The van der Waals surface area contributed by atoms with Gasteiger partial charge in [-0.05, 0) is 130 Å². The van der Waals surface area contributed by atoms with Crippen molar-refractivity contribution in [3.05, 3.63) is 144 Å². The summed E-state index contributed by atoms with van der Waals surface area (Å²) in [5.74, 6) is -0.185. The third-order valence-electron chi connectivity index (χ3n) is 15.1. The minimum atomic E-state index is -5.33. The molecular weight excluding hydrogens is 1610 g/mol. The molecule has 0 bridgehead atoms. The Balaban J connectivity index is 0.000000716.